The van der Waals surface area contributed by atoms with Crippen molar-refractivity contribution in [1.29, 1.82) is 5.26 Å². The fourth-order valence-electron chi connectivity index (χ4n) is 4.78. The molecule has 2 heterocycles. The molecule has 5 nitrogen and oxygen atoms in total. The van der Waals surface area contributed by atoms with E-state index in [-0.39, 0.29) is 28.3 Å². The van der Waals surface area contributed by atoms with Crippen LogP contribution in [0.4, 0.5) is 4.39 Å². The zero-order valence-corrected chi connectivity index (χ0v) is 18.3. The summed E-state index contributed by atoms with van der Waals surface area (Å²) in [5, 5.41) is 12.4. The van der Waals surface area contributed by atoms with Crippen LogP contribution in [0.2, 0.25) is 0 Å². The molecule has 0 bridgehead atoms. The minimum atomic E-state index is -1.06. The molecule has 0 fully saturated rings. The predicted octanol–water partition coefficient (Wildman–Crippen LogP) is 5.97. The molecule has 1 unspecified atom stereocenters. The first-order valence-electron chi connectivity index (χ1n) is 11.0. The molecule has 1 aromatic heterocycles. The molecule has 35 heavy (non-hydrogen) atoms. The van der Waals surface area contributed by atoms with Gasteiger partial charge in [-0.2, -0.15) is 5.26 Å². The maximum absolute atomic E-state index is 15.8. The van der Waals surface area contributed by atoms with Crippen LogP contribution in [-0.4, -0.2) is 0 Å². The van der Waals surface area contributed by atoms with Crippen molar-refractivity contribution < 1.29 is 13.5 Å². The summed E-state index contributed by atoms with van der Waals surface area (Å²) < 4.78 is 27.0. The Labute approximate surface area is 199 Å². The van der Waals surface area contributed by atoms with Crippen LogP contribution in [0.1, 0.15) is 17.0 Å². The van der Waals surface area contributed by atoms with Crippen LogP contribution in [0.25, 0.3) is 32.9 Å². The van der Waals surface area contributed by atoms with E-state index in [1.54, 1.807) is 36.4 Å². The smallest absolute Gasteiger partial charge is 0.344 e. The van der Waals surface area contributed by atoms with Crippen LogP contribution < -0.4 is 16.1 Å². The van der Waals surface area contributed by atoms with E-state index in [1.165, 1.54) is 6.07 Å². The number of hydrogen-bond donors (Lipinski definition) is 1. The van der Waals surface area contributed by atoms with Crippen LogP contribution >= 0.6 is 0 Å². The van der Waals surface area contributed by atoms with Gasteiger partial charge in [-0.05, 0) is 40.1 Å². The molecule has 168 valence electrons. The first-order valence-corrected chi connectivity index (χ1v) is 11.0. The van der Waals surface area contributed by atoms with Gasteiger partial charge in [0.25, 0.3) is 0 Å². The number of nitrogens with zero attached hydrogens (tertiary/aromatic N) is 1. The number of fused-ring (bicyclic) bond motifs is 4. The summed E-state index contributed by atoms with van der Waals surface area (Å²) in [5.41, 5.74) is 7.39. The van der Waals surface area contributed by atoms with Crippen molar-refractivity contribution in [2.75, 3.05) is 0 Å². The van der Waals surface area contributed by atoms with Gasteiger partial charge < -0.3 is 14.9 Å². The van der Waals surface area contributed by atoms with E-state index in [0.717, 1.165) is 16.3 Å². The predicted molar refractivity (Wildman–Crippen MR) is 131 cm³/mol. The van der Waals surface area contributed by atoms with Crippen LogP contribution in [0.5, 0.6) is 5.75 Å². The van der Waals surface area contributed by atoms with Crippen molar-refractivity contribution >= 4 is 21.7 Å². The van der Waals surface area contributed by atoms with Crippen molar-refractivity contribution in [3.63, 3.8) is 0 Å². The summed E-state index contributed by atoms with van der Waals surface area (Å²) in [6.45, 7) is 0. The molecule has 6 rings (SSSR count). The van der Waals surface area contributed by atoms with Gasteiger partial charge in [0, 0.05) is 5.56 Å². The lowest BCUT2D eigenvalue weighted by Gasteiger charge is -2.26. The molecule has 0 amide bonds. The number of nitriles is 1. The summed E-state index contributed by atoms with van der Waals surface area (Å²) in [4.78, 5) is 13.0. The SMILES string of the molecule is N#CC1=C(N)Oc2c(c(=O)oc3ccccc23)C1c1ccc(-c2cccc3ccccc23)cc1F. The number of rotatable bonds is 2. The van der Waals surface area contributed by atoms with Gasteiger partial charge in [-0.3, -0.25) is 0 Å². The third-order valence-corrected chi connectivity index (χ3v) is 6.39. The molecule has 1 aliphatic heterocycles. The number of halogens is 1. The highest BCUT2D eigenvalue weighted by Gasteiger charge is 2.37. The molecule has 1 atom stereocenters. The summed E-state index contributed by atoms with van der Waals surface area (Å²) in [6.07, 6.45) is 0. The van der Waals surface area contributed by atoms with Gasteiger partial charge in [0.15, 0.2) is 5.75 Å². The Kier molecular flexibility index (Phi) is 4.65. The Balaban J connectivity index is 1.57. The Morgan fingerprint density at radius 3 is 2.46 bits per heavy atom. The average molecular weight is 460 g/mol. The Hall–Kier alpha value is -4.89. The summed E-state index contributed by atoms with van der Waals surface area (Å²) in [6, 6.07) is 27.4. The summed E-state index contributed by atoms with van der Waals surface area (Å²) >= 11 is 0. The molecule has 0 saturated carbocycles. The van der Waals surface area contributed by atoms with Crippen molar-refractivity contribution in [2.24, 2.45) is 5.73 Å². The fourth-order valence-corrected chi connectivity index (χ4v) is 4.78. The van der Waals surface area contributed by atoms with Crippen molar-refractivity contribution in [1.82, 2.24) is 0 Å². The Morgan fingerprint density at radius 1 is 0.914 bits per heavy atom. The van der Waals surface area contributed by atoms with Gasteiger partial charge in [0.2, 0.25) is 5.88 Å². The number of para-hydroxylation sites is 1. The maximum atomic E-state index is 15.8. The second-order valence-corrected chi connectivity index (χ2v) is 8.32. The monoisotopic (exact) mass is 460 g/mol. The molecular formula is C29H17FN2O3. The molecule has 0 aliphatic carbocycles. The van der Waals surface area contributed by atoms with E-state index in [2.05, 4.69) is 0 Å². The first kappa shape index (κ1) is 20.7. The topological polar surface area (TPSA) is 89.3 Å². The van der Waals surface area contributed by atoms with Gasteiger partial charge in [0.05, 0.1) is 16.9 Å². The van der Waals surface area contributed by atoms with Crippen LogP contribution in [-0.2, 0) is 0 Å². The lowest BCUT2D eigenvalue weighted by molar-refractivity contribution is 0.387. The largest absolute Gasteiger partial charge is 0.439 e. The van der Waals surface area contributed by atoms with Gasteiger partial charge in [-0.25, -0.2) is 9.18 Å². The molecule has 0 spiro atoms. The van der Waals surface area contributed by atoms with Crippen LogP contribution in [0.15, 0.2) is 106 Å². The molecule has 0 radical (unpaired) electrons. The minimum Gasteiger partial charge on any atom is -0.439 e. The minimum absolute atomic E-state index is 0.0445. The van der Waals surface area contributed by atoms with Crippen molar-refractivity contribution in [2.45, 2.75) is 5.92 Å². The van der Waals surface area contributed by atoms with E-state index < -0.39 is 17.4 Å². The summed E-state index contributed by atoms with van der Waals surface area (Å²) in [7, 11) is 0. The fraction of sp³-hybridized carbons (Fsp3) is 0.0345. The molecule has 1 aliphatic rings. The molecule has 2 N–H and O–H groups in total. The van der Waals surface area contributed by atoms with Gasteiger partial charge >= 0.3 is 5.63 Å². The number of hydrogen-bond acceptors (Lipinski definition) is 5. The van der Waals surface area contributed by atoms with Crippen LogP contribution in [0.3, 0.4) is 0 Å². The Morgan fingerprint density at radius 2 is 1.66 bits per heavy atom. The normalized spacial score (nSPS) is 15.0. The molecular weight excluding hydrogens is 443 g/mol. The standard InChI is InChI=1S/C29H17FN2O3/c30-23-14-17(19-10-5-7-16-6-1-2-8-18(16)19)12-13-20(23)25-22(15-31)28(32)35-27-21-9-3-4-11-24(21)34-29(33)26(25)27/h1-14,25H,32H2. The van der Waals surface area contributed by atoms with Gasteiger partial charge in [0.1, 0.15) is 23.0 Å². The van der Waals surface area contributed by atoms with E-state index in [9.17, 15) is 10.1 Å². The van der Waals surface area contributed by atoms with E-state index >= 15 is 4.39 Å². The highest BCUT2D eigenvalue weighted by atomic mass is 19.1. The number of allylic oxidation sites excluding steroid dienone is 1. The lowest BCUT2D eigenvalue weighted by Crippen LogP contribution is -2.26. The van der Waals surface area contributed by atoms with E-state index in [1.807, 2.05) is 48.5 Å². The highest BCUT2D eigenvalue weighted by Crippen LogP contribution is 2.44. The maximum Gasteiger partial charge on any atom is 0.344 e. The van der Waals surface area contributed by atoms with Gasteiger partial charge in [-0.1, -0.05) is 66.7 Å². The molecule has 4 aromatic carbocycles. The zero-order chi connectivity index (χ0) is 24.1. The lowest BCUT2D eigenvalue weighted by atomic mass is 9.83. The third kappa shape index (κ3) is 3.17. The Bertz CT molecular complexity index is 1790. The second kappa shape index (κ2) is 7.86. The zero-order valence-electron chi connectivity index (χ0n) is 18.3. The van der Waals surface area contributed by atoms with Crippen LogP contribution in [0, 0.1) is 17.1 Å². The number of nitrogens with two attached hydrogens (primary N) is 1. The third-order valence-electron chi connectivity index (χ3n) is 6.39. The van der Waals surface area contributed by atoms with Crippen molar-refractivity contribution in [3.05, 3.63) is 124 Å². The summed E-state index contributed by atoms with van der Waals surface area (Å²) in [5.74, 6) is -1.62. The average Bonchev–Trinajstić information content (AvgIpc) is 2.88. The van der Waals surface area contributed by atoms with E-state index in [4.69, 9.17) is 14.9 Å². The first-order chi connectivity index (χ1) is 17.1. The second-order valence-electron chi connectivity index (χ2n) is 8.32. The van der Waals surface area contributed by atoms with E-state index in [0.29, 0.717) is 16.5 Å². The highest BCUT2D eigenvalue weighted by molar-refractivity contribution is 5.96. The quantitative estimate of drug-likeness (QED) is 0.328. The van der Waals surface area contributed by atoms with Crippen molar-refractivity contribution in [3.8, 4) is 22.9 Å². The molecule has 6 heteroatoms. The number of benzene rings is 4. The molecule has 0 saturated heterocycles. The van der Waals surface area contributed by atoms with Gasteiger partial charge in [-0.15, -0.1) is 0 Å². The molecule has 5 aromatic rings. The number of ether oxygens (including phenoxy) is 1.